The highest BCUT2D eigenvalue weighted by Gasteiger charge is 2.26. The average Bonchev–Trinajstić information content (AvgIpc) is 2.23. The average molecular weight is 210 g/mol. The van der Waals surface area contributed by atoms with Crippen LogP contribution in [-0.4, -0.2) is 36.5 Å². The maximum Gasteiger partial charge on any atom is 0.236 e. The van der Waals surface area contributed by atoms with Gasteiger partial charge in [-0.2, -0.15) is 0 Å². The van der Waals surface area contributed by atoms with Gasteiger partial charge < -0.3 is 10.2 Å². The van der Waals surface area contributed by atoms with Crippen LogP contribution < -0.4 is 5.32 Å². The molecule has 86 valence electrons. The van der Waals surface area contributed by atoms with Crippen molar-refractivity contribution in [2.75, 3.05) is 19.6 Å². The topological polar surface area (TPSA) is 32.3 Å². The predicted octanol–water partition coefficient (Wildman–Crippen LogP) is 1.39. The second-order valence-corrected chi connectivity index (χ2v) is 5.10. The zero-order chi connectivity index (χ0) is 10.7. The first kappa shape index (κ1) is 10.9. The van der Waals surface area contributed by atoms with E-state index in [1.54, 1.807) is 0 Å². The third kappa shape index (κ3) is 2.94. The molecule has 0 spiro atoms. The fourth-order valence-electron chi connectivity index (χ4n) is 2.56. The van der Waals surface area contributed by atoms with E-state index in [1.165, 1.54) is 32.1 Å². The van der Waals surface area contributed by atoms with Crippen LogP contribution >= 0.6 is 0 Å². The summed E-state index contributed by atoms with van der Waals surface area (Å²) >= 11 is 0. The number of carbonyl (C=O) groups excluding carboxylic acids is 1. The summed E-state index contributed by atoms with van der Waals surface area (Å²) in [6.45, 7) is 4.77. The minimum Gasteiger partial charge on any atom is -0.342 e. The highest BCUT2D eigenvalue weighted by molar-refractivity contribution is 5.78. The molecule has 2 fully saturated rings. The van der Waals surface area contributed by atoms with Gasteiger partial charge in [-0.3, -0.25) is 4.79 Å². The van der Waals surface area contributed by atoms with Gasteiger partial charge in [0.05, 0.1) is 6.54 Å². The molecule has 3 nitrogen and oxygen atoms in total. The Morgan fingerprint density at radius 1 is 1.27 bits per heavy atom. The first-order valence-corrected chi connectivity index (χ1v) is 6.27. The highest BCUT2D eigenvalue weighted by Crippen LogP contribution is 2.25. The van der Waals surface area contributed by atoms with Crippen molar-refractivity contribution in [3.8, 4) is 0 Å². The number of nitrogens with zero attached hydrogens (tertiary/aromatic N) is 1. The molecule has 0 aromatic heterocycles. The van der Waals surface area contributed by atoms with Gasteiger partial charge in [-0.15, -0.1) is 0 Å². The van der Waals surface area contributed by atoms with Crippen LogP contribution in [-0.2, 0) is 4.79 Å². The molecule has 2 aliphatic rings. The van der Waals surface area contributed by atoms with E-state index >= 15 is 0 Å². The van der Waals surface area contributed by atoms with Crippen molar-refractivity contribution in [2.45, 2.75) is 45.1 Å². The molecular weight excluding hydrogens is 188 g/mol. The Kier molecular flexibility index (Phi) is 3.62. The highest BCUT2D eigenvalue weighted by atomic mass is 16.2. The molecule has 1 amide bonds. The minimum absolute atomic E-state index is 0.300. The number of carbonyl (C=O) groups is 1. The second kappa shape index (κ2) is 4.97. The Morgan fingerprint density at radius 2 is 1.93 bits per heavy atom. The summed E-state index contributed by atoms with van der Waals surface area (Å²) < 4.78 is 0. The Balaban J connectivity index is 1.63. The van der Waals surface area contributed by atoms with Gasteiger partial charge in [0.2, 0.25) is 5.91 Å². The summed E-state index contributed by atoms with van der Waals surface area (Å²) in [5, 5.41) is 3.36. The Bertz CT molecular complexity index is 218. The molecule has 0 radical (unpaired) electrons. The normalized spacial score (nSPS) is 31.1. The van der Waals surface area contributed by atoms with E-state index in [1.807, 2.05) is 4.90 Å². The number of hydrogen-bond acceptors (Lipinski definition) is 2. The molecule has 0 unspecified atom stereocenters. The fourth-order valence-corrected chi connectivity index (χ4v) is 2.56. The van der Waals surface area contributed by atoms with E-state index in [2.05, 4.69) is 12.2 Å². The molecule has 3 heteroatoms. The standard InChI is InChI=1S/C12H22N2O/c1-10-7-11(8-10)13-9-12(15)14-5-3-2-4-6-14/h10-11,13H,2-9H2,1H3. The van der Waals surface area contributed by atoms with Crippen molar-refractivity contribution >= 4 is 5.91 Å². The van der Waals surface area contributed by atoms with Crippen LogP contribution in [0.2, 0.25) is 0 Å². The van der Waals surface area contributed by atoms with Crippen molar-refractivity contribution < 1.29 is 4.79 Å². The van der Waals surface area contributed by atoms with Crippen molar-refractivity contribution in [1.29, 1.82) is 0 Å². The van der Waals surface area contributed by atoms with Gasteiger partial charge in [0.1, 0.15) is 0 Å². The Labute approximate surface area is 92.2 Å². The van der Waals surface area contributed by atoms with Gasteiger partial charge >= 0.3 is 0 Å². The molecule has 1 N–H and O–H groups in total. The molecule has 1 aliphatic carbocycles. The number of nitrogens with one attached hydrogen (secondary N) is 1. The third-order valence-electron chi connectivity index (χ3n) is 3.62. The lowest BCUT2D eigenvalue weighted by Gasteiger charge is -2.34. The van der Waals surface area contributed by atoms with Crippen molar-refractivity contribution in [3.63, 3.8) is 0 Å². The maximum absolute atomic E-state index is 11.8. The van der Waals surface area contributed by atoms with Crippen LogP contribution in [0.15, 0.2) is 0 Å². The molecule has 0 bridgehead atoms. The first-order valence-electron chi connectivity index (χ1n) is 6.27. The fraction of sp³-hybridized carbons (Fsp3) is 0.917. The van der Waals surface area contributed by atoms with Gasteiger partial charge in [-0.25, -0.2) is 0 Å². The molecular formula is C12H22N2O. The van der Waals surface area contributed by atoms with Crippen LogP contribution in [0.4, 0.5) is 0 Å². The van der Waals surface area contributed by atoms with Crippen LogP contribution in [0.25, 0.3) is 0 Å². The number of hydrogen-bond donors (Lipinski definition) is 1. The van der Waals surface area contributed by atoms with Crippen LogP contribution in [0, 0.1) is 5.92 Å². The zero-order valence-electron chi connectivity index (χ0n) is 9.67. The summed E-state index contributed by atoms with van der Waals surface area (Å²) in [5.74, 6) is 1.15. The predicted molar refractivity (Wildman–Crippen MR) is 60.6 cm³/mol. The zero-order valence-corrected chi connectivity index (χ0v) is 9.67. The van der Waals surface area contributed by atoms with E-state index in [9.17, 15) is 4.79 Å². The molecule has 2 rings (SSSR count). The smallest absolute Gasteiger partial charge is 0.236 e. The molecule has 1 aliphatic heterocycles. The molecule has 0 aromatic carbocycles. The van der Waals surface area contributed by atoms with E-state index in [4.69, 9.17) is 0 Å². The van der Waals surface area contributed by atoms with E-state index in [0.29, 0.717) is 18.5 Å². The molecule has 1 saturated carbocycles. The number of piperidine rings is 1. The quantitative estimate of drug-likeness (QED) is 0.763. The molecule has 1 saturated heterocycles. The van der Waals surface area contributed by atoms with E-state index in [0.717, 1.165) is 19.0 Å². The number of rotatable bonds is 3. The van der Waals surface area contributed by atoms with Crippen LogP contribution in [0.1, 0.15) is 39.0 Å². The van der Waals surface area contributed by atoms with Crippen LogP contribution in [0.3, 0.4) is 0 Å². The van der Waals surface area contributed by atoms with Gasteiger partial charge in [-0.1, -0.05) is 6.92 Å². The SMILES string of the molecule is CC1CC(NCC(=O)N2CCCCC2)C1. The molecule has 15 heavy (non-hydrogen) atoms. The van der Waals surface area contributed by atoms with Crippen LogP contribution in [0.5, 0.6) is 0 Å². The summed E-state index contributed by atoms with van der Waals surface area (Å²) in [4.78, 5) is 13.8. The first-order chi connectivity index (χ1) is 7.25. The van der Waals surface area contributed by atoms with E-state index < -0.39 is 0 Å². The molecule has 1 heterocycles. The largest absolute Gasteiger partial charge is 0.342 e. The minimum atomic E-state index is 0.300. The Morgan fingerprint density at radius 3 is 2.53 bits per heavy atom. The summed E-state index contributed by atoms with van der Waals surface area (Å²) in [7, 11) is 0. The maximum atomic E-state index is 11.8. The summed E-state index contributed by atoms with van der Waals surface area (Å²) in [6, 6.07) is 0.605. The second-order valence-electron chi connectivity index (χ2n) is 5.10. The number of likely N-dealkylation sites (tertiary alicyclic amines) is 1. The van der Waals surface area contributed by atoms with Gasteiger partial charge in [0.15, 0.2) is 0 Å². The van der Waals surface area contributed by atoms with Gasteiger partial charge in [-0.05, 0) is 38.0 Å². The lowest BCUT2D eigenvalue weighted by Crippen LogP contribution is -2.47. The lowest BCUT2D eigenvalue weighted by atomic mass is 9.82. The summed E-state index contributed by atoms with van der Waals surface area (Å²) in [5.41, 5.74) is 0. The number of amides is 1. The molecule has 0 aromatic rings. The van der Waals surface area contributed by atoms with Crippen molar-refractivity contribution in [1.82, 2.24) is 10.2 Å². The van der Waals surface area contributed by atoms with Crippen molar-refractivity contribution in [2.24, 2.45) is 5.92 Å². The van der Waals surface area contributed by atoms with Crippen molar-refractivity contribution in [3.05, 3.63) is 0 Å². The lowest BCUT2D eigenvalue weighted by molar-refractivity contribution is -0.131. The Hall–Kier alpha value is -0.570. The third-order valence-corrected chi connectivity index (χ3v) is 3.62. The van der Waals surface area contributed by atoms with Gasteiger partial charge in [0.25, 0.3) is 0 Å². The molecule has 0 atom stereocenters. The monoisotopic (exact) mass is 210 g/mol. The summed E-state index contributed by atoms with van der Waals surface area (Å²) in [6.07, 6.45) is 6.15. The van der Waals surface area contributed by atoms with Gasteiger partial charge in [0, 0.05) is 19.1 Å². The van der Waals surface area contributed by atoms with E-state index in [-0.39, 0.29) is 0 Å².